The number of nitrogens with two attached hydrogens (primary N) is 1. The summed E-state index contributed by atoms with van der Waals surface area (Å²) in [5, 5.41) is 0.671. The maximum Gasteiger partial charge on any atom is 0.124 e. The minimum atomic E-state index is 0.401. The van der Waals surface area contributed by atoms with Gasteiger partial charge in [0.15, 0.2) is 0 Å². The van der Waals surface area contributed by atoms with E-state index in [0.29, 0.717) is 16.6 Å². The Morgan fingerprint density at radius 1 is 1.21 bits per heavy atom. The highest BCUT2D eigenvalue weighted by Gasteiger charge is 2.02. The van der Waals surface area contributed by atoms with Crippen LogP contribution in [0.4, 0.5) is 0 Å². The molecule has 0 bridgehead atoms. The summed E-state index contributed by atoms with van der Waals surface area (Å²) in [5.74, 6) is 0.797. The zero-order chi connectivity index (χ0) is 13.8. The molecule has 0 aliphatic rings. The van der Waals surface area contributed by atoms with Crippen LogP contribution < -0.4 is 10.5 Å². The van der Waals surface area contributed by atoms with Crippen LogP contribution >= 0.6 is 23.8 Å². The third-order valence-corrected chi connectivity index (χ3v) is 3.25. The molecule has 19 heavy (non-hydrogen) atoms. The predicted octanol–water partition coefficient (Wildman–Crippen LogP) is 3.86. The summed E-state index contributed by atoms with van der Waals surface area (Å²) in [6.45, 7) is 2.47. The first kappa shape index (κ1) is 13.8. The van der Waals surface area contributed by atoms with E-state index in [2.05, 4.69) is 0 Å². The Morgan fingerprint density at radius 3 is 2.53 bits per heavy atom. The highest BCUT2D eigenvalue weighted by molar-refractivity contribution is 7.80. The molecule has 0 saturated heterocycles. The Bertz CT molecular complexity index is 596. The highest BCUT2D eigenvalue weighted by atomic mass is 35.5. The molecule has 98 valence electrons. The summed E-state index contributed by atoms with van der Waals surface area (Å²) in [6, 6.07) is 13.3. The zero-order valence-electron chi connectivity index (χ0n) is 10.5. The van der Waals surface area contributed by atoms with Crippen molar-refractivity contribution in [3.05, 3.63) is 64.2 Å². The van der Waals surface area contributed by atoms with Gasteiger partial charge in [-0.25, -0.2) is 0 Å². The van der Waals surface area contributed by atoms with E-state index in [-0.39, 0.29) is 0 Å². The van der Waals surface area contributed by atoms with Crippen LogP contribution in [0.2, 0.25) is 5.02 Å². The lowest BCUT2D eigenvalue weighted by Gasteiger charge is -2.10. The number of hydrogen-bond acceptors (Lipinski definition) is 2. The van der Waals surface area contributed by atoms with Crippen LogP contribution in [0.5, 0.6) is 5.75 Å². The first-order valence-corrected chi connectivity index (χ1v) is 6.62. The van der Waals surface area contributed by atoms with Gasteiger partial charge < -0.3 is 10.5 Å². The molecule has 0 saturated carbocycles. The standard InChI is InChI=1S/C15H14ClNOS/c1-10-2-7-13(16)8-14(10)18-9-11-3-5-12(6-4-11)15(17)19/h2-8H,9H2,1H3,(H2,17,19). The van der Waals surface area contributed by atoms with Crippen LogP contribution in [0.25, 0.3) is 0 Å². The van der Waals surface area contributed by atoms with Crippen molar-refractivity contribution in [2.24, 2.45) is 5.73 Å². The van der Waals surface area contributed by atoms with Crippen LogP contribution in [0.1, 0.15) is 16.7 Å². The lowest BCUT2D eigenvalue weighted by Crippen LogP contribution is -2.09. The molecule has 2 rings (SSSR count). The van der Waals surface area contributed by atoms with E-state index < -0.39 is 0 Å². The molecule has 0 aliphatic heterocycles. The molecule has 2 nitrogen and oxygen atoms in total. The minimum Gasteiger partial charge on any atom is -0.489 e. The lowest BCUT2D eigenvalue weighted by atomic mass is 10.1. The maximum absolute atomic E-state index is 5.95. The normalized spacial score (nSPS) is 10.2. The third kappa shape index (κ3) is 3.69. The molecule has 0 atom stereocenters. The van der Waals surface area contributed by atoms with Crippen LogP contribution in [-0.4, -0.2) is 4.99 Å². The number of thiocarbonyl (C=S) groups is 1. The molecule has 2 aromatic carbocycles. The van der Waals surface area contributed by atoms with Crippen LogP contribution in [0.15, 0.2) is 42.5 Å². The Morgan fingerprint density at radius 2 is 1.89 bits per heavy atom. The van der Waals surface area contributed by atoms with Crippen molar-refractivity contribution in [2.45, 2.75) is 13.5 Å². The van der Waals surface area contributed by atoms with Crippen molar-refractivity contribution < 1.29 is 4.74 Å². The first-order valence-electron chi connectivity index (χ1n) is 5.84. The quantitative estimate of drug-likeness (QED) is 0.869. The first-order chi connectivity index (χ1) is 9.06. The van der Waals surface area contributed by atoms with E-state index in [1.807, 2.05) is 49.4 Å². The van der Waals surface area contributed by atoms with E-state index in [4.69, 9.17) is 34.3 Å². The Hall–Kier alpha value is -1.58. The van der Waals surface area contributed by atoms with Crippen LogP contribution in [-0.2, 0) is 6.61 Å². The summed E-state index contributed by atoms with van der Waals surface area (Å²) in [6.07, 6.45) is 0. The molecular weight excluding hydrogens is 278 g/mol. The molecule has 0 spiro atoms. The topological polar surface area (TPSA) is 35.2 Å². The molecule has 0 radical (unpaired) electrons. The Balaban J connectivity index is 2.06. The van der Waals surface area contributed by atoms with Gasteiger partial charge in [-0.15, -0.1) is 0 Å². The average Bonchev–Trinajstić information content (AvgIpc) is 2.40. The molecule has 4 heteroatoms. The zero-order valence-corrected chi connectivity index (χ0v) is 12.1. The number of ether oxygens (including phenoxy) is 1. The number of benzene rings is 2. The fourth-order valence-corrected chi connectivity index (χ4v) is 1.95. The van der Waals surface area contributed by atoms with Crippen molar-refractivity contribution in [1.29, 1.82) is 0 Å². The van der Waals surface area contributed by atoms with Gasteiger partial charge in [0.1, 0.15) is 17.3 Å². The molecule has 0 aromatic heterocycles. The molecule has 0 heterocycles. The van der Waals surface area contributed by atoms with E-state index in [0.717, 1.165) is 22.4 Å². The highest BCUT2D eigenvalue weighted by Crippen LogP contribution is 2.23. The van der Waals surface area contributed by atoms with Crippen molar-refractivity contribution in [3.8, 4) is 5.75 Å². The summed E-state index contributed by atoms with van der Waals surface area (Å²) in [5.41, 5.74) is 8.52. The van der Waals surface area contributed by atoms with Crippen molar-refractivity contribution in [2.75, 3.05) is 0 Å². The number of aryl methyl sites for hydroxylation is 1. The Kier molecular flexibility index (Phi) is 4.40. The summed E-state index contributed by atoms with van der Waals surface area (Å²) >= 11 is 10.9. The van der Waals surface area contributed by atoms with Crippen molar-refractivity contribution in [1.82, 2.24) is 0 Å². The fraction of sp³-hybridized carbons (Fsp3) is 0.133. The van der Waals surface area contributed by atoms with Gasteiger partial charge in [-0.2, -0.15) is 0 Å². The van der Waals surface area contributed by atoms with Crippen LogP contribution in [0.3, 0.4) is 0 Å². The Labute approximate surface area is 123 Å². The van der Waals surface area contributed by atoms with Gasteiger partial charge in [0, 0.05) is 10.6 Å². The van der Waals surface area contributed by atoms with E-state index >= 15 is 0 Å². The van der Waals surface area contributed by atoms with Gasteiger partial charge in [-0.3, -0.25) is 0 Å². The van der Waals surface area contributed by atoms with Crippen molar-refractivity contribution in [3.63, 3.8) is 0 Å². The molecule has 0 aliphatic carbocycles. The van der Waals surface area contributed by atoms with E-state index in [9.17, 15) is 0 Å². The van der Waals surface area contributed by atoms with Crippen LogP contribution in [0, 0.1) is 6.92 Å². The maximum atomic E-state index is 5.95. The van der Waals surface area contributed by atoms with Gasteiger partial charge in [0.05, 0.1) is 0 Å². The van der Waals surface area contributed by atoms with Gasteiger partial charge in [-0.05, 0) is 30.2 Å². The fourth-order valence-electron chi connectivity index (χ4n) is 1.66. The smallest absolute Gasteiger partial charge is 0.124 e. The molecule has 0 fully saturated rings. The summed E-state index contributed by atoms with van der Waals surface area (Å²) in [4.78, 5) is 0.401. The molecule has 0 unspecified atom stereocenters. The number of halogens is 1. The van der Waals surface area contributed by atoms with Gasteiger partial charge in [-0.1, -0.05) is 54.2 Å². The minimum absolute atomic E-state index is 0.401. The second-order valence-electron chi connectivity index (χ2n) is 4.26. The average molecular weight is 292 g/mol. The lowest BCUT2D eigenvalue weighted by molar-refractivity contribution is 0.304. The molecule has 2 aromatic rings. The number of rotatable bonds is 4. The number of hydrogen-bond donors (Lipinski definition) is 1. The third-order valence-electron chi connectivity index (χ3n) is 2.78. The largest absolute Gasteiger partial charge is 0.489 e. The molecular formula is C15H14ClNOS. The molecule has 0 amide bonds. The second-order valence-corrected chi connectivity index (χ2v) is 5.14. The monoisotopic (exact) mass is 291 g/mol. The van der Waals surface area contributed by atoms with Gasteiger partial charge in [0.25, 0.3) is 0 Å². The second kappa shape index (κ2) is 6.04. The molecule has 2 N–H and O–H groups in total. The van der Waals surface area contributed by atoms with E-state index in [1.165, 1.54) is 0 Å². The van der Waals surface area contributed by atoms with Crippen molar-refractivity contribution >= 4 is 28.8 Å². The van der Waals surface area contributed by atoms with E-state index in [1.54, 1.807) is 0 Å². The van der Waals surface area contributed by atoms with Gasteiger partial charge in [0.2, 0.25) is 0 Å². The summed E-state index contributed by atoms with van der Waals surface area (Å²) in [7, 11) is 0. The predicted molar refractivity (Wildman–Crippen MR) is 82.9 cm³/mol. The summed E-state index contributed by atoms with van der Waals surface area (Å²) < 4.78 is 5.76. The SMILES string of the molecule is Cc1ccc(Cl)cc1OCc1ccc(C(N)=S)cc1. The van der Waals surface area contributed by atoms with Gasteiger partial charge >= 0.3 is 0 Å².